The van der Waals surface area contributed by atoms with Crippen LogP contribution >= 0.6 is 0 Å². The van der Waals surface area contributed by atoms with Crippen molar-refractivity contribution in [1.29, 1.82) is 0 Å². The van der Waals surface area contributed by atoms with E-state index in [1.165, 1.54) is 25.8 Å². The summed E-state index contributed by atoms with van der Waals surface area (Å²) in [6.07, 6.45) is 4.67. The maximum atomic E-state index is 12.2. The molecule has 1 aromatic rings. The number of hydrogen-bond donors (Lipinski definition) is 0. The number of hydrogen-bond acceptors (Lipinski definition) is 4. The number of rotatable bonds is 5. The first-order valence-corrected chi connectivity index (χ1v) is 7.52. The highest BCUT2D eigenvalue weighted by atomic mass is 16.5. The maximum absolute atomic E-state index is 12.2. The first-order valence-electron chi connectivity index (χ1n) is 7.52. The smallest absolute Gasteiger partial charge is 0.223 e. The third kappa shape index (κ3) is 2.87. The largest absolute Gasteiger partial charge is 0.361 e. The molecular formula is C15H23N3O2. The van der Waals surface area contributed by atoms with Crippen molar-refractivity contribution in [2.24, 2.45) is 5.92 Å². The molecule has 1 saturated heterocycles. The van der Waals surface area contributed by atoms with Gasteiger partial charge in [-0.15, -0.1) is 0 Å². The van der Waals surface area contributed by atoms with Crippen LogP contribution < -0.4 is 0 Å². The summed E-state index contributed by atoms with van der Waals surface area (Å²) < 4.78 is 5.02. The molecule has 5 heteroatoms. The molecule has 1 aliphatic carbocycles. The Morgan fingerprint density at radius 1 is 1.55 bits per heavy atom. The summed E-state index contributed by atoms with van der Waals surface area (Å²) in [5, 5.41) is 3.93. The van der Waals surface area contributed by atoms with Crippen molar-refractivity contribution in [2.45, 2.75) is 45.2 Å². The molecule has 2 heterocycles. The van der Waals surface area contributed by atoms with Crippen LogP contribution in [-0.2, 0) is 11.3 Å². The van der Waals surface area contributed by atoms with Gasteiger partial charge in [0.1, 0.15) is 11.5 Å². The van der Waals surface area contributed by atoms with Gasteiger partial charge in [-0.2, -0.15) is 0 Å². The quantitative estimate of drug-likeness (QED) is 0.823. The Bertz CT molecular complexity index is 485. The highest BCUT2D eigenvalue weighted by Gasteiger charge is 2.37. The lowest BCUT2D eigenvalue weighted by atomic mass is 10.1. The fraction of sp³-hybridized carbons (Fsp3) is 0.733. The predicted octanol–water partition coefficient (Wildman–Crippen LogP) is 1.82. The first-order chi connectivity index (χ1) is 9.61. The van der Waals surface area contributed by atoms with E-state index in [1.54, 1.807) is 4.90 Å². The van der Waals surface area contributed by atoms with Gasteiger partial charge in [0.2, 0.25) is 5.91 Å². The standard InChI is InChI=1S/C15H23N3O2/c1-11-7-13(16-20-11)10-17(2)15(19)5-6-18-9-12-3-4-14(18)8-12/h7,12,14H,3-6,8-10H2,1-2H3/t12-,14+/m1/s1. The molecule has 2 fully saturated rings. The molecule has 1 amide bonds. The van der Waals surface area contributed by atoms with Gasteiger partial charge in [0, 0.05) is 38.7 Å². The van der Waals surface area contributed by atoms with E-state index in [2.05, 4.69) is 10.1 Å². The first kappa shape index (κ1) is 13.6. The second kappa shape index (κ2) is 5.56. The average molecular weight is 277 g/mol. The summed E-state index contributed by atoms with van der Waals surface area (Å²) in [6, 6.07) is 2.62. The van der Waals surface area contributed by atoms with Gasteiger partial charge in [-0.1, -0.05) is 5.16 Å². The van der Waals surface area contributed by atoms with Crippen LogP contribution in [0.3, 0.4) is 0 Å². The van der Waals surface area contributed by atoms with E-state index in [9.17, 15) is 4.79 Å². The molecule has 0 aromatic carbocycles. The molecule has 1 aromatic heterocycles. The van der Waals surface area contributed by atoms with Crippen LogP contribution in [0, 0.1) is 12.8 Å². The Balaban J connectivity index is 1.44. The summed E-state index contributed by atoms with van der Waals surface area (Å²) in [6.45, 7) is 4.50. The fourth-order valence-corrected chi connectivity index (χ4v) is 3.55. The highest BCUT2D eigenvalue weighted by Crippen LogP contribution is 2.37. The third-order valence-corrected chi connectivity index (χ3v) is 4.64. The topological polar surface area (TPSA) is 49.6 Å². The Morgan fingerprint density at radius 3 is 3.00 bits per heavy atom. The van der Waals surface area contributed by atoms with Crippen LogP contribution in [0.2, 0.25) is 0 Å². The zero-order valence-electron chi connectivity index (χ0n) is 12.3. The molecule has 0 spiro atoms. The van der Waals surface area contributed by atoms with Crippen LogP contribution in [0.4, 0.5) is 0 Å². The van der Waals surface area contributed by atoms with Crippen LogP contribution in [0.15, 0.2) is 10.6 Å². The molecular weight excluding hydrogens is 254 g/mol. The molecule has 1 aliphatic heterocycles. The molecule has 20 heavy (non-hydrogen) atoms. The number of carbonyl (C=O) groups excluding carboxylic acids is 1. The molecule has 2 aliphatic rings. The Hall–Kier alpha value is -1.36. The molecule has 2 atom stereocenters. The zero-order valence-corrected chi connectivity index (χ0v) is 12.3. The van der Waals surface area contributed by atoms with Crippen LogP contribution in [0.1, 0.15) is 37.1 Å². The maximum Gasteiger partial charge on any atom is 0.223 e. The van der Waals surface area contributed by atoms with E-state index < -0.39 is 0 Å². The summed E-state index contributed by atoms with van der Waals surface area (Å²) in [7, 11) is 1.84. The van der Waals surface area contributed by atoms with E-state index >= 15 is 0 Å². The number of carbonyl (C=O) groups is 1. The molecule has 0 N–H and O–H groups in total. The molecule has 2 bridgehead atoms. The van der Waals surface area contributed by atoms with E-state index in [1.807, 2.05) is 20.0 Å². The summed E-state index contributed by atoms with van der Waals surface area (Å²) >= 11 is 0. The van der Waals surface area contributed by atoms with Gasteiger partial charge in [-0.3, -0.25) is 9.69 Å². The zero-order chi connectivity index (χ0) is 14.1. The van der Waals surface area contributed by atoms with Gasteiger partial charge in [0.25, 0.3) is 0 Å². The number of fused-ring (bicyclic) bond motifs is 2. The summed E-state index contributed by atoms with van der Waals surface area (Å²) in [5.41, 5.74) is 0.818. The second-order valence-electron chi connectivity index (χ2n) is 6.26. The fourth-order valence-electron chi connectivity index (χ4n) is 3.55. The summed E-state index contributed by atoms with van der Waals surface area (Å²) in [4.78, 5) is 16.4. The normalized spacial score (nSPS) is 25.3. The monoisotopic (exact) mass is 277 g/mol. The van der Waals surface area contributed by atoms with Crippen molar-refractivity contribution < 1.29 is 9.32 Å². The van der Waals surface area contributed by atoms with Crippen molar-refractivity contribution in [3.63, 3.8) is 0 Å². The van der Waals surface area contributed by atoms with Crippen molar-refractivity contribution in [3.05, 3.63) is 17.5 Å². The average Bonchev–Trinajstić information content (AvgIpc) is 3.12. The van der Waals surface area contributed by atoms with Crippen LogP contribution in [0.5, 0.6) is 0 Å². The number of likely N-dealkylation sites (tertiary alicyclic amines) is 1. The number of aryl methyl sites for hydroxylation is 1. The molecule has 110 valence electrons. The molecule has 1 saturated carbocycles. The van der Waals surface area contributed by atoms with E-state index in [-0.39, 0.29) is 5.91 Å². The van der Waals surface area contributed by atoms with Gasteiger partial charge < -0.3 is 9.42 Å². The van der Waals surface area contributed by atoms with E-state index in [0.717, 1.165) is 30.0 Å². The lowest BCUT2D eigenvalue weighted by Gasteiger charge is -2.27. The molecule has 0 unspecified atom stereocenters. The van der Waals surface area contributed by atoms with Crippen LogP contribution in [0.25, 0.3) is 0 Å². The van der Waals surface area contributed by atoms with Crippen molar-refractivity contribution in [3.8, 4) is 0 Å². The Morgan fingerprint density at radius 2 is 2.40 bits per heavy atom. The third-order valence-electron chi connectivity index (χ3n) is 4.64. The van der Waals surface area contributed by atoms with Crippen molar-refractivity contribution in [1.82, 2.24) is 15.0 Å². The molecule has 5 nitrogen and oxygen atoms in total. The Labute approximate surface area is 119 Å². The van der Waals surface area contributed by atoms with Gasteiger partial charge in [-0.25, -0.2) is 0 Å². The number of piperidine rings is 1. The van der Waals surface area contributed by atoms with Crippen molar-refractivity contribution >= 4 is 5.91 Å². The number of aromatic nitrogens is 1. The minimum atomic E-state index is 0.188. The van der Waals surface area contributed by atoms with Crippen molar-refractivity contribution in [2.75, 3.05) is 20.1 Å². The number of amides is 1. The minimum Gasteiger partial charge on any atom is -0.361 e. The minimum absolute atomic E-state index is 0.188. The molecule has 0 radical (unpaired) electrons. The number of nitrogens with zero attached hydrogens (tertiary/aromatic N) is 3. The second-order valence-corrected chi connectivity index (χ2v) is 6.26. The van der Waals surface area contributed by atoms with Crippen LogP contribution in [-0.4, -0.2) is 47.0 Å². The predicted molar refractivity (Wildman–Crippen MR) is 75.0 cm³/mol. The lowest BCUT2D eigenvalue weighted by Crippen LogP contribution is -2.36. The van der Waals surface area contributed by atoms with E-state index in [0.29, 0.717) is 13.0 Å². The van der Waals surface area contributed by atoms with Gasteiger partial charge in [-0.05, 0) is 32.1 Å². The van der Waals surface area contributed by atoms with Gasteiger partial charge >= 0.3 is 0 Å². The molecule has 3 rings (SSSR count). The van der Waals surface area contributed by atoms with Gasteiger partial charge in [0.15, 0.2) is 0 Å². The SMILES string of the molecule is Cc1cc(CN(C)C(=O)CCN2C[C@@H]3CC[C@H]2C3)no1. The van der Waals surface area contributed by atoms with E-state index in [4.69, 9.17) is 4.52 Å². The summed E-state index contributed by atoms with van der Waals surface area (Å²) in [5.74, 6) is 1.87. The highest BCUT2D eigenvalue weighted by molar-refractivity contribution is 5.76. The van der Waals surface area contributed by atoms with Gasteiger partial charge in [0.05, 0.1) is 6.54 Å². The Kier molecular flexibility index (Phi) is 3.78. The lowest BCUT2D eigenvalue weighted by molar-refractivity contribution is -0.130.